The summed E-state index contributed by atoms with van der Waals surface area (Å²) < 4.78 is 27.8. The van der Waals surface area contributed by atoms with E-state index in [0.29, 0.717) is 47.5 Å². The number of carbonyl (C=O) groups is 2. The van der Waals surface area contributed by atoms with Crippen molar-refractivity contribution in [2.45, 2.75) is 38.9 Å². The molecule has 42 heavy (non-hydrogen) atoms. The van der Waals surface area contributed by atoms with Crippen LogP contribution >= 0.6 is 0 Å². The summed E-state index contributed by atoms with van der Waals surface area (Å²) in [5.74, 6) is 1.69. The van der Waals surface area contributed by atoms with Crippen molar-refractivity contribution >= 4 is 17.5 Å². The van der Waals surface area contributed by atoms with Gasteiger partial charge in [-0.15, -0.1) is 10.2 Å². The van der Waals surface area contributed by atoms with Gasteiger partial charge in [0.05, 0.1) is 20.5 Å². The minimum Gasteiger partial charge on any atom is -0.493 e. The zero-order valence-electron chi connectivity index (χ0n) is 24.0. The third-order valence-corrected chi connectivity index (χ3v) is 6.26. The van der Waals surface area contributed by atoms with Crippen molar-refractivity contribution in [3.05, 3.63) is 60.6 Å². The van der Waals surface area contributed by atoms with E-state index in [9.17, 15) is 9.59 Å². The number of aromatic nitrogens is 4. The van der Waals surface area contributed by atoms with Gasteiger partial charge in [-0.05, 0) is 68.4 Å². The second-order valence-electron chi connectivity index (χ2n) is 10.5. The largest absolute Gasteiger partial charge is 0.493 e. The average Bonchev–Trinajstić information content (AvgIpc) is 3.67. The van der Waals surface area contributed by atoms with Crippen LogP contribution in [0.2, 0.25) is 0 Å². The molecule has 0 fully saturated rings. The maximum absolute atomic E-state index is 14.1. The van der Waals surface area contributed by atoms with Crippen molar-refractivity contribution in [3.63, 3.8) is 0 Å². The van der Waals surface area contributed by atoms with Crippen molar-refractivity contribution in [2.75, 3.05) is 32.3 Å². The minimum absolute atomic E-state index is 0.276. The van der Waals surface area contributed by atoms with Crippen molar-refractivity contribution in [2.24, 2.45) is 0 Å². The van der Waals surface area contributed by atoms with E-state index < -0.39 is 23.4 Å². The van der Waals surface area contributed by atoms with Crippen LogP contribution in [0.25, 0.3) is 11.4 Å². The van der Waals surface area contributed by atoms with Gasteiger partial charge in [0.2, 0.25) is 5.82 Å². The SMILES string of the molecule is COc1ccc(-c2nnn(CC(=O)N(c3ccc4c(c3)OCCO4)C(C(=O)NC(C)(C)C)c3ccco3)n2)cc1OC. The standard InChI is InChI=1S/C29H32N6O7/c1-29(2,3)30-28(37)26(22-7-6-12-40-22)35(19-9-11-21-24(16-19)42-14-13-41-21)25(36)17-34-32-27(31-33-34)18-8-10-20(38-4)23(15-18)39-5/h6-12,15-16,26H,13-14,17H2,1-5H3,(H,30,37). The van der Waals surface area contributed by atoms with Gasteiger partial charge in [0.25, 0.3) is 11.8 Å². The molecule has 0 spiro atoms. The predicted molar refractivity (Wildman–Crippen MR) is 151 cm³/mol. The molecule has 3 heterocycles. The molecule has 1 atom stereocenters. The number of nitrogens with one attached hydrogen (secondary N) is 1. The van der Waals surface area contributed by atoms with E-state index in [2.05, 4.69) is 20.7 Å². The third-order valence-electron chi connectivity index (χ3n) is 6.26. The highest BCUT2D eigenvalue weighted by Gasteiger charge is 2.37. The quantitative estimate of drug-likeness (QED) is 0.315. The maximum atomic E-state index is 14.1. The number of tetrazole rings is 1. The third kappa shape index (κ3) is 6.14. The van der Waals surface area contributed by atoms with E-state index in [1.165, 1.54) is 23.1 Å². The highest BCUT2D eigenvalue weighted by molar-refractivity contribution is 6.01. The zero-order chi connectivity index (χ0) is 29.9. The van der Waals surface area contributed by atoms with Gasteiger partial charge in [-0.25, -0.2) is 0 Å². The number of ether oxygens (including phenoxy) is 4. The molecule has 220 valence electrons. The number of anilines is 1. The summed E-state index contributed by atoms with van der Waals surface area (Å²) >= 11 is 0. The summed E-state index contributed by atoms with van der Waals surface area (Å²) in [6.07, 6.45) is 1.45. The summed E-state index contributed by atoms with van der Waals surface area (Å²) in [7, 11) is 3.07. The lowest BCUT2D eigenvalue weighted by Gasteiger charge is -2.32. The fourth-order valence-corrected chi connectivity index (χ4v) is 4.48. The molecular formula is C29H32N6O7. The maximum Gasteiger partial charge on any atom is 0.251 e. The summed E-state index contributed by atoms with van der Waals surface area (Å²) in [5, 5.41) is 15.6. The molecule has 0 aliphatic carbocycles. The van der Waals surface area contributed by atoms with Crippen LogP contribution in [0.4, 0.5) is 5.69 Å². The van der Waals surface area contributed by atoms with Crippen LogP contribution in [-0.4, -0.2) is 65.0 Å². The molecule has 1 aliphatic heterocycles. The number of benzene rings is 2. The van der Waals surface area contributed by atoms with Crippen LogP contribution in [0, 0.1) is 0 Å². The van der Waals surface area contributed by atoms with Crippen LogP contribution in [0.5, 0.6) is 23.0 Å². The van der Waals surface area contributed by atoms with Gasteiger partial charge in [-0.1, -0.05) is 0 Å². The predicted octanol–water partition coefficient (Wildman–Crippen LogP) is 3.41. The van der Waals surface area contributed by atoms with Gasteiger partial charge in [-0.3, -0.25) is 14.5 Å². The molecule has 1 aliphatic rings. The Morgan fingerprint density at radius 2 is 1.79 bits per heavy atom. The molecule has 1 N–H and O–H groups in total. The van der Waals surface area contributed by atoms with E-state index >= 15 is 0 Å². The second-order valence-corrected chi connectivity index (χ2v) is 10.5. The van der Waals surface area contributed by atoms with E-state index in [1.54, 1.807) is 55.6 Å². The fraction of sp³-hybridized carbons (Fsp3) is 0.345. The van der Waals surface area contributed by atoms with Gasteiger partial charge in [0, 0.05) is 22.9 Å². The first-order valence-electron chi connectivity index (χ1n) is 13.2. The Balaban J connectivity index is 1.51. The summed E-state index contributed by atoms with van der Waals surface area (Å²) in [5.41, 5.74) is 0.439. The van der Waals surface area contributed by atoms with Crippen LogP contribution in [0.1, 0.15) is 32.6 Å². The Kier molecular flexibility index (Phi) is 8.00. The van der Waals surface area contributed by atoms with Crippen LogP contribution in [0.15, 0.2) is 59.2 Å². The molecule has 1 unspecified atom stereocenters. The van der Waals surface area contributed by atoms with Gasteiger partial charge >= 0.3 is 0 Å². The molecule has 5 rings (SSSR count). The normalized spacial score (nSPS) is 13.3. The van der Waals surface area contributed by atoms with Crippen LogP contribution in [-0.2, 0) is 16.1 Å². The van der Waals surface area contributed by atoms with Crippen LogP contribution in [0.3, 0.4) is 0 Å². The molecule has 0 bridgehead atoms. The Hall–Kier alpha value is -5.07. The lowest BCUT2D eigenvalue weighted by molar-refractivity contribution is -0.128. The first-order valence-corrected chi connectivity index (χ1v) is 13.2. The minimum atomic E-state index is -1.15. The number of amides is 2. The smallest absolute Gasteiger partial charge is 0.251 e. The highest BCUT2D eigenvalue weighted by atomic mass is 16.6. The van der Waals surface area contributed by atoms with Gasteiger partial charge < -0.3 is 28.7 Å². The Morgan fingerprint density at radius 1 is 1.02 bits per heavy atom. The Morgan fingerprint density at radius 3 is 2.48 bits per heavy atom. The van der Waals surface area contributed by atoms with Crippen LogP contribution < -0.4 is 29.2 Å². The summed E-state index contributed by atoms with van der Waals surface area (Å²) in [6.45, 7) is 6.02. The van der Waals surface area contributed by atoms with E-state index in [4.69, 9.17) is 23.4 Å². The summed E-state index contributed by atoms with van der Waals surface area (Å²) in [6, 6.07) is 12.4. The molecule has 13 nitrogen and oxygen atoms in total. The molecule has 2 aromatic carbocycles. The Labute approximate surface area is 242 Å². The summed E-state index contributed by atoms with van der Waals surface area (Å²) in [4.78, 5) is 30.3. The molecule has 0 saturated heterocycles. The van der Waals surface area contributed by atoms with E-state index in [-0.39, 0.29) is 18.1 Å². The van der Waals surface area contributed by atoms with Crippen molar-refractivity contribution in [1.29, 1.82) is 0 Å². The molecule has 2 amide bonds. The monoisotopic (exact) mass is 576 g/mol. The first kappa shape index (κ1) is 28.5. The molecule has 2 aromatic heterocycles. The Bertz CT molecular complexity index is 1560. The molecular weight excluding hydrogens is 544 g/mol. The lowest BCUT2D eigenvalue weighted by Crippen LogP contribution is -2.50. The second kappa shape index (κ2) is 11.8. The van der Waals surface area contributed by atoms with Gasteiger partial charge in [-0.2, -0.15) is 4.80 Å². The molecule has 0 saturated carbocycles. The average molecular weight is 577 g/mol. The number of hydrogen-bond donors (Lipinski definition) is 1. The molecule has 0 radical (unpaired) electrons. The van der Waals surface area contributed by atoms with Crippen molar-refractivity contribution < 1.29 is 33.0 Å². The van der Waals surface area contributed by atoms with Gasteiger partial charge in [0.1, 0.15) is 25.5 Å². The number of fused-ring (bicyclic) bond motifs is 1. The lowest BCUT2D eigenvalue weighted by atomic mass is 10.1. The highest BCUT2D eigenvalue weighted by Crippen LogP contribution is 2.37. The zero-order valence-corrected chi connectivity index (χ0v) is 24.0. The fourth-order valence-electron chi connectivity index (χ4n) is 4.48. The number of furan rings is 1. The number of methoxy groups -OCH3 is 2. The number of rotatable bonds is 9. The van der Waals surface area contributed by atoms with Gasteiger partial charge in [0.15, 0.2) is 29.0 Å². The first-order chi connectivity index (χ1) is 20.2. The number of carbonyl (C=O) groups excluding carboxylic acids is 2. The van der Waals surface area contributed by atoms with E-state index in [0.717, 1.165) is 0 Å². The molecule has 13 heteroatoms. The number of nitrogens with zero attached hydrogens (tertiary/aromatic N) is 5. The van der Waals surface area contributed by atoms with Crippen molar-refractivity contribution in [1.82, 2.24) is 25.5 Å². The van der Waals surface area contributed by atoms with E-state index in [1.807, 2.05) is 20.8 Å². The molecule has 4 aromatic rings. The van der Waals surface area contributed by atoms with Crippen molar-refractivity contribution in [3.8, 4) is 34.4 Å². The number of hydrogen-bond acceptors (Lipinski definition) is 10. The topological polar surface area (TPSA) is 143 Å².